The number of thioether (sulfide) groups is 1. The van der Waals surface area contributed by atoms with Crippen LogP contribution in [-0.4, -0.2) is 28.6 Å². The molecule has 1 N–H and O–H groups in total. The molecule has 2 heterocycles. The van der Waals surface area contributed by atoms with E-state index in [0.29, 0.717) is 26.7 Å². The Morgan fingerprint density at radius 3 is 2.84 bits per heavy atom. The highest BCUT2D eigenvalue weighted by molar-refractivity contribution is 7.99. The van der Waals surface area contributed by atoms with Crippen LogP contribution in [0.4, 0.5) is 0 Å². The number of fused-ring (bicyclic) bond motifs is 2. The molecular formula is C25H22N2O3S2. The smallest absolute Gasteiger partial charge is 0.260 e. The minimum atomic E-state index is -0.166. The number of nitrogens with one attached hydrogen (secondary N) is 1. The summed E-state index contributed by atoms with van der Waals surface area (Å²) in [6.45, 7) is 0. The van der Waals surface area contributed by atoms with Crippen LogP contribution in [-0.2, 0) is 12.8 Å². The second-order valence-corrected chi connectivity index (χ2v) is 9.66. The van der Waals surface area contributed by atoms with E-state index in [4.69, 9.17) is 4.74 Å². The van der Waals surface area contributed by atoms with Crippen molar-refractivity contribution >= 4 is 39.1 Å². The number of carbonyl (C=O) groups is 1. The number of benzene rings is 2. The van der Waals surface area contributed by atoms with Crippen LogP contribution in [0.1, 0.15) is 34.3 Å². The maximum Gasteiger partial charge on any atom is 0.260 e. The van der Waals surface area contributed by atoms with Crippen molar-refractivity contribution in [3.05, 3.63) is 74.9 Å². The summed E-state index contributed by atoms with van der Waals surface area (Å²) in [6, 6.07) is 13.6. The van der Waals surface area contributed by atoms with E-state index < -0.39 is 0 Å². The molecule has 0 amide bonds. The van der Waals surface area contributed by atoms with Crippen molar-refractivity contribution in [1.82, 2.24) is 9.97 Å². The fourth-order valence-electron chi connectivity index (χ4n) is 4.12. The van der Waals surface area contributed by atoms with Crippen molar-refractivity contribution in [2.45, 2.75) is 30.8 Å². The Morgan fingerprint density at radius 2 is 2.00 bits per heavy atom. The van der Waals surface area contributed by atoms with Crippen LogP contribution in [0.15, 0.2) is 57.8 Å². The van der Waals surface area contributed by atoms with E-state index in [9.17, 15) is 9.59 Å². The Morgan fingerprint density at radius 1 is 1.16 bits per heavy atom. The van der Waals surface area contributed by atoms with Gasteiger partial charge in [0.05, 0.1) is 18.2 Å². The standard InChI is InChI=1S/C25H22N2O3S2/c1-30-19-8-4-7-18(12-19)21(28)14-32-25-26-23(29)22-20(13-31-24(22)27-25)17-10-9-15-5-2-3-6-16(15)11-17/h4,7-13H,2-3,5-6,14H2,1H3,(H,26,27,29). The third-order valence-corrected chi connectivity index (χ3v) is 7.56. The molecule has 0 atom stereocenters. The van der Waals surface area contributed by atoms with Crippen LogP contribution >= 0.6 is 23.1 Å². The molecule has 0 bridgehead atoms. The van der Waals surface area contributed by atoms with Crippen molar-refractivity contribution < 1.29 is 9.53 Å². The minimum absolute atomic E-state index is 0.0439. The van der Waals surface area contributed by atoms with Gasteiger partial charge in [-0.15, -0.1) is 11.3 Å². The zero-order valence-electron chi connectivity index (χ0n) is 17.6. The molecule has 2 aromatic carbocycles. The summed E-state index contributed by atoms with van der Waals surface area (Å²) in [5.41, 5.74) is 5.21. The van der Waals surface area contributed by atoms with Crippen LogP contribution in [0.5, 0.6) is 5.75 Å². The predicted molar refractivity (Wildman–Crippen MR) is 130 cm³/mol. The molecule has 0 aliphatic heterocycles. The lowest BCUT2D eigenvalue weighted by molar-refractivity contribution is 0.102. The van der Waals surface area contributed by atoms with Gasteiger partial charge in [0, 0.05) is 16.5 Å². The summed E-state index contributed by atoms with van der Waals surface area (Å²) in [4.78, 5) is 33.7. The van der Waals surface area contributed by atoms with Gasteiger partial charge in [-0.3, -0.25) is 9.59 Å². The van der Waals surface area contributed by atoms with Gasteiger partial charge in [0.2, 0.25) is 0 Å². The van der Waals surface area contributed by atoms with Crippen LogP contribution < -0.4 is 10.3 Å². The molecular weight excluding hydrogens is 440 g/mol. The highest BCUT2D eigenvalue weighted by Gasteiger charge is 2.17. The summed E-state index contributed by atoms with van der Waals surface area (Å²) >= 11 is 2.70. The maximum atomic E-state index is 12.9. The number of carbonyl (C=O) groups excluding carboxylic acids is 1. The van der Waals surface area contributed by atoms with E-state index in [0.717, 1.165) is 24.0 Å². The first-order valence-corrected chi connectivity index (χ1v) is 12.4. The van der Waals surface area contributed by atoms with Crippen molar-refractivity contribution in [3.8, 4) is 16.9 Å². The third-order valence-electron chi connectivity index (χ3n) is 5.81. The predicted octanol–water partition coefficient (Wildman–Crippen LogP) is 5.51. The Bertz CT molecular complexity index is 1370. The van der Waals surface area contributed by atoms with Crippen LogP contribution in [0.3, 0.4) is 0 Å². The number of nitrogens with zero attached hydrogens (tertiary/aromatic N) is 1. The monoisotopic (exact) mass is 462 g/mol. The number of aryl methyl sites for hydroxylation is 2. The molecule has 162 valence electrons. The highest BCUT2D eigenvalue weighted by Crippen LogP contribution is 2.34. The minimum Gasteiger partial charge on any atom is -0.497 e. The van der Waals surface area contributed by atoms with E-state index >= 15 is 0 Å². The number of H-pyrrole nitrogens is 1. The first-order valence-electron chi connectivity index (χ1n) is 10.6. The molecule has 4 aromatic rings. The van der Waals surface area contributed by atoms with Crippen LogP contribution in [0.25, 0.3) is 21.3 Å². The van der Waals surface area contributed by atoms with Gasteiger partial charge in [-0.1, -0.05) is 42.1 Å². The number of methoxy groups -OCH3 is 1. The second kappa shape index (κ2) is 8.92. The molecule has 5 rings (SSSR count). The Labute approximate surface area is 193 Å². The van der Waals surface area contributed by atoms with Gasteiger partial charge in [-0.25, -0.2) is 4.98 Å². The molecule has 0 saturated carbocycles. The van der Waals surface area contributed by atoms with Gasteiger partial charge in [0.1, 0.15) is 10.6 Å². The summed E-state index contributed by atoms with van der Waals surface area (Å²) < 4.78 is 5.18. The van der Waals surface area contributed by atoms with Gasteiger partial charge < -0.3 is 9.72 Å². The Hall–Kier alpha value is -2.90. The van der Waals surface area contributed by atoms with E-state index in [-0.39, 0.29) is 17.1 Å². The average Bonchev–Trinajstić information content (AvgIpc) is 3.27. The number of hydrogen-bond acceptors (Lipinski definition) is 6. The van der Waals surface area contributed by atoms with E-state index in [1.165, 1.54) is 47.1 Å². The van der Waals surface area contributed by atoms with Gasteiger partial charge in [0.25, 0.3) is 5.56 Å². The van der Waals surface area contributed by atoms with E-state index in [1.54, 1.807) is 31.4 Å². The van der Waals surface area contributed by atoms with E-state index in [2.05, 4.69) is 28.2 Å². The average molecular weight is 463 g/mol. The van der Waals surface area contributed by atoms with Crippen molar-refractivity contribution in [1.29, 1.82) is 0 Å². The molecule has 7 heteroatoms. The number of aromatic amines is 1. The number of hydrogen-bond donors (Lipinski definition) is 1. The number of rotatable bonds is 6. The van der Waals surface area contributed by atoms with Crippen molar-refractivity contribution in [3.63, 3.8) is 0 Å². The number of ketones is 1. The fourth-order valence-corrected chi connectivity index (χ4v) is 5.89. The molecule has 0 unspecified atom stereocenters. The molecule has 5 nitrogen and oxygen atoms in total. The molecule has 0 spiro atoms. The van der Waals surface area contributed by atoms with Gasteiger partial charge in [-0.2, -0.15) is 0 Å². The number of Topliss-reactive ketones (excluding diaryl/α,β-unsaturated/α-hetero) is 1. The Kier molecular flexibility index (Phi) is 5.85. The first kappa shape index (κ1) is 21.0. The van der Waals surface area contributed by atoms with E-state index in [1.807, 2.05) is 5.38 Å². The van der Waals surface area contributed by atoms with Crippen molar-refractivity contribution in [2.75, 3.05) is 12.9 Å². The Balaban J connectivity index is 1.39. The highest BCUT2D eigenvalue weighted by atomic mass is 32.2. The second-order valence-electron chi connectivity index (χ2n) is 7.84. The van der Waals surface area contributed by atoms with Gasteiger partial charge in [0.15, 0.2) is 10.9 Å². The quantitative estimate of drug-likeness (QED) is 0.232. The SMILES string of the molecule is COc1cccc(C(=O)CSc2nc3scc(-c4ccc5c(c4)CCCC5)c3c(=O)[nH]2)c1. The lowest BCUT2D eigenvalue weighted by Crippen LogP contribution is -2.10. The molecule has 32 heavy (non-hydrogen) atoms. The fraction of sp³-hybridized carbons (Fsp3) is 0.240. The molecule has 2 aromatic heterocycles. The van der Waals surface area contributed by atoms with Crippen LogP contribution in [0, 0.1) is 0 Å². The molecule has 1 aliphatic carbocycles. The van der Waals surface area contributed by atoms with Gasteiger partial charge in [-0.05, 0) is 54.5 Å². The largest absolute Gasteiger partial charge is 0.497 e. The normalized spacial score (nSPS) is 13.2. The topological polar surface area (TPSA) is 72.0 Å². The number of ether oxygens (including phenoxy) is 1. The number of thiophene rings is 1. The molecule has 0 fully saturated rings. The zero-order valence-corrected chi connectivity index (χ0v) is 19.3. The maximum absolute atomic E-state index is 12.9. The summed E-state index contributed by atoms with van der Waals surface area (Å²) in [6.07, 6.45) is 4.70. The number of aromatic nitrogens is 2. The summed E-state index contributed by atoms with van der Waals surface area (Å²) in [5.74, 6) is 0.782. The molecule has 0 saturated heterocycles. The third kappa shape index (κ3) is 4.10. The molecule has 1 aliphatic rings. The first-order chi connectivity index (χ1) is 15.6. The zero-order chi connectivity index (χ0) is 22.1. The summed E-state index contributed by atoms with van der Waals surface area (Å²) in [5, 5.41) is 3.08. The van der Waals surface area contributed by atoms with Crippen LogP contribution in [0.2, 0.25) is 0 Å². The lowest BCUT2D eigenvalue weighted by Gasteiger charge is -2.16. The van der Waals surface area contributed by atoms with Gasteiger partial charge >= 0.3 is 0 Å². The lowest BCUT2D eigenvalue weighted by atomic mass is 9.89. The van der Waals surface area contributed by atoms with Crippen molar-refractivity contribution in [2.24, 2.45) is 0 Å². The summed E-state index contributed by atoms with van der Waals surface area (Å²) in [7, 11) is 1.57. The molecule has 0 radical (unpaired) electrons.